The number of hydrogen-bond donors (Lipinski definition) is 3. The Labute approximate surface area is 169 Å². The molecule has 4 N–H and O–H groups in total. The highest BCUT2D eigenvalue weighted by molar-refractivity contribution is 5.88. The van der Waals surface area contributed by atoms with Crippen LogP contribution in [0.1, 0.15) is 12.0 Å². The zero-order chi connectivity index (χ0) is 20.2. The average Bonchev–Trinajstić information content (AvgIpc) is 3.14. The number of rotatable bonds is 4. The van der Waals surface area contributed by atoms with Crippen LogP contribution in [-0.4, -0.2) is 70.7 Å². The van der Waals surface area contributed by atoms with Gasteiger partial charge in [0.05, 0.1) is 5.69 Å². The summed E-state index contributed by atoms with van der Waals surface area (Å²) in [6, 6.07) is 9.53. The third-order valence-corrected chi connectivity index (χ3v) is 5.37. The van der Waals surface area contributed by atoms with Crippen molar-refractivity contribution in [3.63, 3.8) is 0 Å². The van der Waals surface area contributed by atoms with Crippen LogP contribution in [0.2, 0.25) is 0 Å². The number of hydrogen-bond acceptors (Lipinski definition) is 6. The van der Waals surface area contributed by atoms with Gasteiger partial charge in [-0.2, -0.15) is 4.98 Å². The second-order valence-corrected chi connectivity index (χ2v) is 7.58. The van der Waals surface area contributed by atoms with E-state index in [1.54, 1.807) is 17.2 Å². The summed E-state index contributed by atoms with van der Waals surface area (Å²) in [4.78, 5) is 32.8. The van der Waals surface area contributed by atoms with Gasteiger partial charge in [0, 0.05) is 58.1 Å². The van der Waals surface area contributed by atoms with Crippen LogP contribution in [0.5, 0.6) is 0 Å². The van der Waals surface area contributed by atoms with Gasteiger partial charge in [-0.3, -0.25) is 14.8 Å². The maximum Gasteiger partial charge on any atom is 0.354 e. The molecule has 2 fully saturated rings. The van der Waals surface area contributed by atoms with Gasteiger partial charge in [0.1, 0.15) is 5.82 Å². The van der Waals surface area contributed by atoms with Gasteiger partial charge in [0.15, 0.2) is 0 Å². The molecule has 154 valence electrons. The monoisotopic (exact) mass is 397 g/mol. The topological polar surface area (TPSA) is 109 Å². The Morgan fingerprint density at radius 3 is 2.59 bits per heavy atom. The standard InChI is InChI=1S/C20H27N7O2/c21-16-5-9-25(14-16)13-15-1-3-17(4-2-15)27-10-6-18(24-20(27)29)23-19(28)26-11-7-22-8-12-26/h1-4,6,10,16,22H,5,7-9,11-14,21H2,(H,23,24,28,29)/t16-/m1/s1. The van der Waals surface area contributed by atoms with E-state index in [0.717, 1.165) is 44.8 Å². The summed E-state index contributed by atoms with van der Waals surface area (Å²) in [5.74, 6) is 0.261. The largest absolute Gasteiger partial charge is 0.354 e. The number of urea groups is 1. The summed E-state index contributed by atoms with van der Waals surface area (Å²) in [7, 11) is 0. The molecule has 9 heteroatoms. The second kappa shape index (κ2) is 8.73. The Morgan fingerprint density at radius 1 is 1.17 bits per heavy atom. The van der Waals surface area contributed by atoms with Crippen molar-refractivity contribution in [3.05, 3.63) is 52.6 Å². The van der Waals surface area contributed by atoms with E-state index in [1.807, 2.05) is 24.3 Å². The molecule has 0 radical (unpaired) electrons. The first-order valence-corrected chi connectivity index (χ1v) is 10.0. The molecule has 2 aliphatic rings. The molecule has 29 heavy (non-hydrogen) atoms. The number of amides is 2. The fourth-order valence-corrected chi connectivity index (χ4v) is 3.75. The molecule has 2 saturated heterocycles. The Balaban J connectivity index is 1.41. The van der Waals surface area contributed by atoms with Crippen molar-refractivity contribution in [1.29, 1.82) is 0 Å². The lowest BCUT2D eigenvalue weighted by Gasteiger charge is -2.27. The maximum absolute atomic E-state index is 12.5. The maximum atomic E-state index is 12.5. The van der Waals surface area contributed by atoms with Crippen molar-refractivity contribution >= 4 is 11.8 Å². The normalized spacial score (nSPS) is 20.0. The van der Waals surface area contributed by atoms with E-state index in [0.29, 0.717) is 13.1 Å². The van der Waals surface area contributed by atoms with Crippen LogP contribution in [0, 0.1) is 0 Å². The Hall–Kier alpha value is -2.75. The van der Waals surface area contributed by atoms with Gasteiger partial charge in [-0.05, 0) is 30.2 Å². The molecule has 0 spiro atoms. The lowest BCUT2D eigenvalue weighted by atomic mass is 10.2. The number of piperazine rings is 1. The number of anilines is 1. The van der Waals surface area contributed by atoms with Crippen LogP contribution in [0.4, 0.5) is 10.6 Å². The van der Waals surface area contributed by atoms with E-state index >= 15 is 0 Å². The van der Waals surface area contributed by atoms with E-state index in [9.17, 15) is 9.59 Å². The fourth-order valence-electron chi connectivity index (χ4n) is 3.75. The first-order chi connectivity index (χ1) is 14.1. The van der Waals surface area contributed by atoms with Gasteiger partial charge in [-0.25, -0.2) is 9.59 Å². The summed E-state index contributed by atoms with van der Waals surface area (Å²) < 4.78 is 1.47. The zero-order valence-corrected chi connectivity index (χ0v) is 16.4. The summed E-state index contributed by atoms with van der Waals surface area (Å²) in [6.07, 6.45) is 2.67. The smallest absolute Gasteiger partial charge is 0.326 e. The number of carbonyl (C=O) groups excluding carboxylic acids is 1. The highest BCUT2D eigenvalue weighted by Gasteiger charge is 2.19. The quantitative estimate of drug-likeness (QED) is 0.680. The number of nitrogens with zero attached hydrogens (tertiary/aromatic N) is 4. The molecular formula is C20H27N7O2. The van der Waals surface area contributed by atoms with Gasteiger partial charge in [0.2, 0.25) is 0 Å². The molecule has 2 amide bonds. The summed E-state index contributed by atoms with van der Waals surface area (Å²) in [6.45, 7) is 5.61. The predicted octanol–water partition coefficient (Wildman–Crippen LogP) is 0.203. The molecule has 1 aromatic heterocycles. The first-order valence-electron chi connectivity index (χ1n) is 10.0. The van der Waals surface area contributed by atoms with E-state index in [1.165, 1.54) is 10.1 Å². The molecule has 9 nitrogen and oxygen atoms in total. The molecule has 2 aliphatic heterocycles. The minimum atomic E-state index is -0.429. The first kappa shape index (κ1) is 19.6. The van der Waals surface area contributed by atoms with Crippen LogP contribution in [0.3, 0.4) is 0 Å². The van der Waals surface area contributed by atoms with Crippen LogP contribution in [0.15, 0.2) is 41.3 Å². The molecule has 4 rings (SSSR count). The van der Waals surface area contributed by atoms with Gasteiger partial charge in [-0.1, -0.05) is 12.1 Å². The van der Waals surface area contributed by atoms with Gasteiger partial charge < -0.3 is 16.0 Å². The van der Waals surface area contributed by atoms with Crippen molar-refractivity contribution in [2.45, 2.75) is 19.0 Å². The SMILES string of the molecule is N[C@@H]1CCN(Cc2ccc(-n3ccc(NC(=O)N4CCNCC4)nc3=O)cc2)C1. The van der Waals surface area contributed by atoms with Crippen molar-refractivity contribution in [2.75, 3.05) is 44.6 Å². The van der Waals surface area contributed by atoms with Crippen molar-refractivity contribution in [1.82, 2.24) is 24.7 Å². The molecule has 2 aromatic rings. The number of likely N-dealkylation sites (tertiary alicyclic amines) is 1. The number of nitrogens with two attached hydrogens (primary N) is 1. The third-order valence-electron chi connectivity index (χ3n) is 5.37. The lowest BCUT2D eigenvalue weighted by molar-refractivity contribution is 0.204. The third kappa shape index (κ3) is 4.81. The minimum absolute atomic E-state index is 0.234. The lowest BCUT2D eigenvalue weighted by Crippen LogP contribution is -2.48. The van der Waals surface area contributed by atoms with E-state index in [2.05, 4.69) is 20.5 Å². The van der Waals surface area contributed by atoms with Crippen molar-refractivity contribution in [3.8, 4) is 5.69 Å². The molecule has 3 heterocycles. The molecule has 0 aliphatic carbocycles. The number of aromatic nitrogens is 2. The van der Waals surface area contributed by atoms with E-state index in [4.69, 9.17) is 5.73 Å². The fraction of sp³-hybridized carbons (Fsp3) is 0.450. The zero-order valence-electron chi connectivity index (χ0n) is 16.4. The van der Waals surface area contributed by atoms with Crippen LogP contribution in [0.25, 0.3) is 5.69 Å². The van der Waals surface area contributed by atoms with Gasteiger partial charge in [-0.15, -0.1) is 0 Å². The summed E-state index contributed by atoms with van der Waals surface area (Å²) >= 11 is 0. The molecule has 0 bridgehead atoms. The molecule has 0 unspecified atom stereocenters. The highest BCUT2D eigenvalue weighted by atomic mass is 16.2. The van der Waals surface area contributed by atoms with Crippen LogP contribution < -0.4 is 22.1 Å². The number of carbonyl (C=O) groups is 1. The van der Waals surface area contributed by atoms with E-state index < -0.39 is 5.69 Å². The Bertz CT molecular complexity index is 906. The highest BCUT2D eigenvalue weighted by Crippen LogP contribution is 2.14. The van der Waals surface area contributed by atoms with Crippen molar-refractivity contribution in [2.24, 2.45) is 5.73 Å². The average molecular weight is 397 g/mol. The number of benzene rings is 1. The number of nitrogens with one attached hydrogen (secondary N) is 2. The van der Waals surface area contributed by atoms with Gasteiger partial charge >= 0.3 is 11.7 Å². The van der Waals surface area contributed by atoms with Crippen molar-refractivity contribution < 1.29 is 4.79 Å². The summed E-state index contributed by atoms with van der Waals surface area (Å²) in [5.41, 5.74) is 7.46. The van der Waals surface area contributed by atoms with Crippen LogP contribution >= 0.6 is 0 Å². The molecule has 1 aromatic carbocycles. The summed E-state index contributed by atoms with van der Waals surface area (Å²) in [5, 5.41) is 5.90. The Kier molecular flexibility index (Phi) is 5.89. The van der Waals surface area contributed by atoms with Crippen LogP contribution in [-0.2, 0) is 6.54 Å². The molecular weight excluding hydrogens is 370 g/mol. The second-order valence-electron chi connectivity index (χ2n) is 7.58. The molecule has 1 atom stereocenters. The molecule has 0 saturated carbocycles. The van der Waals surface area contributed by atoms with E-state index in [-0.39, 0.29) is 17.9 Å². The predicted molar refractivity (Wildman–Crippen MR) is 111 cm³/mol. The minimum Gasteiger partial charge on any atom is -0.326 e. The Morgan fingerprint density at radius 2 is 1.93 bits per heavy atom. The van der Waals surface area contributed by atoms with Gasteiger partial charge in [0.25, 0.3) is 0 Å².